The highest BCUT2D eigenvalue weighted by molar-refractivity contribution is 5.73. The second-order valence-corrected chi connectivity index (χ2v) is 6.23. The molecule has 0 aliphatic heterocycles. The van der Waals surface area contributed by atoms with Gasteiger partial charge >= 0.3 is 6.01 Å². The van der Waals surface area contributed by atoms with Gasteiger partial charge in [0.25, 0.3) is 0 Å². The Morgan fingerprint density at radius 1 is 0.633 bits per heavy atom. The average Bonchev–Trinajstić information content (AvgIpc) is 2.77. The maximum Gasteiger partial charge on any atom is 0.317 e. The lowest BCUT2D eigenvalue weighted by Crippen LogP contribution is -1.96. The van der Waals surface area contributed by atoms with E-state index in [2.05, 4.69) is 9.97 Å². The summed E-state index contributed by atoms with van der Waals surface area (Å²) >= 11 is 0. The number of hydrogen-bond donors (Lipinski definition) is 2. The van der Waals surface area contributed by atoms with Crippen molar-refractivity contribution in [3.8, 4) is 29.0 Å². The first-order chi connectivity index (χ1) is 14.5. The largest absolute Gasteiger partial charge is 0.504 e. The van der Waals surface area contributed by atoms with Gasteiger partial charge in [0.05, 0.1) is 32.7 Å². The summed E-state index contributed by atoms with van der Waals surface area (Å²) in [7, 11) is 4.51. The molecule has 0 atom stereocenters. The van der Waals surface area contributed by atoms with Gasteiger partial charge in [0, 0.05) is 0 Å². The molecule has 0 bridgehead atoms. The van der Waals surface area contributed by atoms with Crippen LogP contribution in [0.2, 0.25) is 0 Å². The van der Waals surface area contributed by atoms with Gasteiger partial charge in [0.1, 0.15) is 0 Å². The summed E-state index contributed by atoms with van der Waals surface area (Å²) in [6.45, 7) is 0. The van der Waals surface area contributed by atoms with Crippen LogP contribution in [0.25, 0.3) is 24.3 Å². The number of methoxy groups -OCH3 is 3. The van der Waals surface area contributed by atoms with Crippen molar-refractivity contribution in [2.75, 3.05) is 21.3 Å². The molecule has 0 unspecified atom stereocenters. The Bertz CT molecular complexity index is 1010. The van der Waals surface area contributed by atoms with Crippen LogP contribution in [0.1, 0.15) is 22.5 Å². The van der Waals surface area contributed by atoms with Gasteiger partial charge in [-0.3, -0.25) is 0 Å². The lowest BCUT2D eigenvalue weighted by atomic mass is 10.1. The Morgan fingerprint density at radius 3 is 1.50 bits per heavy atom. The van der Waals surface area contributed by atoms with E-state index in [1.54, 1.807) is 36.4 Å². The van der Waals surface area contributed by atoms with E-state index < -0.39 is 0 Å². The zero-order valence-corrected chi connectivity index (χ0v) is 16.9. The first-order valence-corrected chi connectivity index (χ1v) is 9.05. The standard InChI is InChI=1S/C23H22N2O5/c1-28-21-12-15(6-10-19(21)26)4-8-17-14-18(25-23(24-17)30-3)9-5-16-7-11-20(27)22(13-16)29-2/h4-14,26-27H,1-3H3. The zero-order valence-electron chi connectivity index (χ0n) is 16.9. The van der Waals surface area contributed by atoms with Gasteiger partial charge in [-0.05, 0) is 53.6 Å². The molecule has 0 saturated heterocycles. The van der Waals surface area contributed by atoms with E-state index >= 15 is 0 Å². The SMILES string of the molecule is COc1nc(C=Cc2ccc(O)c(OC)c2)cc(C=Cc2ccc(O)c(OC)c2)n1. The Kier molecular flexibility index (Phi) is 6.54. The zero-order chi connectivity index (χ0) is 21.5. The van der Waals surface area contributed by atoms with Gasteiger partial charge in [-0.2, -0.15) is 9.97 Å². The van der Waals surface area contributed by atoms with Gasteiger partial charge in [0.15, 0.2) is 23.0 Å². The van der Waals surface area contributed by atoms with Crippen molar-refractivity contribution in [1.82, 2.24) is 9.97 Å². The summed E-state index contributed by atoms with van der Waals surface area (Å²) in [4.78, 5) is 8.67. The Balaban J connectivity index is 1.86. The third kappa shape index (κ3) is 5.08. The molecule has 0 spiro atoms. The minimum Gasteiger partial charge on any atom is -0.504 e. The van der Waals surface area contributed by atoms with Crippen LogP contribution < -0.4 is 14.2 Å². The van der Waals surface area contributed by atoms with E-state index in [1.165, 1.54) is 21.3 Å². The molecule has 0 aliphatic rings. The molecule has 3 rings (SSSR count). The molecular formula is C23H22N2O5. The third-order valence-electron chi connectivity index (χ3n) is 4.23. The van der Waals surface area contributed by atoms with Crippen molar-refractivity contribution in [2.45, 2.75) is 0 Å². The van der Waals surface area contributed by atoms with Gasteiger partial charge in [-0.25, -0.2) is 0 Å². The number of rotatable bonds is 7. The fourth-order valence-electron chi connectivity index (χ4n) is 2.68. The first kappa shape index (κ1) is 20.7. The number of ether oxygens (including phenoxy) is 3. The van der Waals surface area contributed by atoms with Gasteiger partial charge in [-0.15, -0.1) is 0 Å². The minimum atomic E-state index is 0.0802. The molecule has 7 nitrogen and oxygen atoms in total. The molecule has 154 valence electrons. The highest BCUT2D eigenvalue weighted by atomic mass is 16.5. The summed E-state index contributed by atoms with van der Waals surface area (Å²) in [6, 6.07) is 12.2. The number of aromatic nitrogens is 2. The molecule has 0 saturated carbocycles. The third-order valence-corrected chi connectivity index (χ3v) is 4.23. The van der Waals surface area contributed by atoms with Crippen molar-refractivity contribution in [3.63, 3.8) is 0 Å². The Morgan fingerprint density at radius 2 is 1.10 bits per heavy atom. The van der Waals surface area contributed by atoms with Crippen LogP contribution in [-0.4, -0.2) is 41.5 Å². The Hall–Kier alpha value is -4.00. The van der Waals surface area contributed by atoms with Crippen LogP contribution in [0.5, 0.6) is 29.0 Å². The highest BCUT2D eigenvalue weighted by Crippen LogP contribution is 2.28. The quantitative estimate of drug-likeness (QED) is 0.606. The highest BCUT2D eigenvalue weighted by Gasteiger charge is 2.04. The topological polar surface area (TPSA) is 93.9 Å². The van der Waals surface area contributed by atoms with Crippen molar-refractivity contribution in [2.24, 2.45) is 0 Å². The van der Waals surface area contributed by atoms with Crippen molar-refractivity contribution < 1.29 is 24.4 Å². The molecule has 0 amide bonds. The lowest BCUT2D eigenvalue weighted by Gasteiger charge is -2.05. The summed E-state index contributed by atoms with van der Waals surface area (Å²) in [5.74, 6) is 0.948. The van der Waals surface area contributed by atoms with Crippen LogP contribution in [0.3, 0.4) is 0 Å². The predicted octanol–water partition coefficient (Wildman–Crippen LogP) is 4.25. The fourth-order valence-corrected chi connectivity index (χ4v) is 2.68. The van der Waals surface area contributed by atoms with Gasteiger partial charge in [0.2, 0.25) is 0 Å². The number of nitrogens with zero attached hydrogens (tertiary/aromatic N) is 2. The molecule has 3 aromatic rings. The maximum absolute atomic E-state index is 9.71. The molecule has 0 radical (unpaired) electrons. The number of aromatic hydroxyl groups is 2. The molecule has 7 heteroatoms. The van der Waals surface area contributed by atoms with E-state index in [4.69, 9.17) is 14.2 Å². The first-order valence-electron chi connectivity index (χ1n) is 9.05. The van der Waals surface area contributed by atoms with Gasteiger partial charge in [-0.1, -0.05) is 24.3 Å². The molecular weight excluding hydrogens is 384 g/mol. The van der Waals surface area contributed by atoms with Crippen LogP contribution >= 0.6 is 0 Å². The van der Waals surface area contributed by atoms with Gasteiger partial charge < -0.3 is 24.4 Å². The number of hydrogen-bond acceptors (Lipinski definition) is 7. The van der Waals surface area contributed by atoms with Crippen molar-refractivity contribution in [1.29, 1.82) is 0 Å². The molecule has 2 aromatic carbocycles. The number of phenolic OH excluding ortho intramolecular Hbond substituents is 2. The molecule has 1 aromatic heterocycles. The second kappa shape index (κ2) is 9.47. The average molecular weight is 406 g/mol. The maximum atomic E-state index is 9.71. The Labute approximate surface area is 174 Å². The normalized spacial score (nSPS) is 11.2. The van der Waals surface area contributed by atoms with Crippen molar-refractivity contribution in [3.05, 3.63) is 65.0 Å². The van der Waals surface area contributed by atoms with E-state index in [1.807, 2.05) is 30.4 Å². The van der Waals surface area contributed by atoms with E-state index in [-0.39, 0.29) is 17.5 Å². The summed E-state index contributed by atoms with van der Waals surface area (Å²) in [5.41, 5.74) is 2.99. The van der Waals surface area contributed by atoms with Crippen LogP contribution in [0.4, 0.5) is 0 Å². The molecule has 0 fully saturated rings. The van der Waals surface area contributed by atoms with Crippen molar-refractivity contribution >= 4 is 24.3 Å². The molecule has 2 N–H and O–H groups in total. The lowest BCUT2D eigenvalue weighted by molar-refractivity contribution is 0.373. The van der Waals surface area contributed by atoms with E-state index in [0.717, 1.165) is 11.1 Å². The predicted molar refractivity (Wildman–Crippen MR) is 116 cm³/mol. The van der Waals surface area contributed by atoms with Crippen LogP contribution in [-0.2, 0) is 0 Å². The minimum absolute atomic E-state index is 0.0802. The number of benzene rings is 2. The number of phenols is 2. The van der Waals surface area contributed by atoms with Crippen LogP contribution in [0.15, 0.2) is 42.5 Å². The van der Waals surface area contributed by atoms with E-state index in [9.17, 15) is 10.2 Å². The summed E-state index contributed by atoms with van der Waals surface area (Å²) < 4.78 is 15.5. The van der Waals surface area contributed by atoms with Crippen LogP contribution in [0, 0.1) is 0 Å². The molecule has 30 heavy (non-hydrogen) atoms. The van der Waals surface area contributed by atoms with E-state index in [0.29, 0.717) is 22.9 Å². The summed E-state index contributed by atoms with van der Waals surface area (Å²) in [5, 5.41) is 19.4. The molecule has 1 heterocycles. The second-order valence-electron chi connectivity index (χ2n) is 6.23. The summed E-state index contributed by atoms with van der Waals surface area (Å²) in [6.07, 6.45) is 7.33. The fraction of sp³-hybridized carbons (Fsp3) is 0.130. The monoisotopic (exact) mass is 406 g/mol. The molecule has 0 aliphatic carbocycles. The smallest absolute Gasteiger partial charge is 0.317 e.